The summed E-state index contributed by atoms with van der Waals surface area (Å²) in [5.41, 5.74) is 4.18. The van der Waals surface area contributed by atoms with Gasteiger partial charge in [0.2, 0.25) is 0 Å². The van der Waals surface area contributed by atoms with E-state index in [4.69, 9.17) is 4.74 Å². The Morgan fingerprint density at radius 2 is 1.92 bits per heavy atom. The third-order valence-corrected chi connectivity index (χ3v) is 4.25. The van der Waals surface area contributed by atoms with E-state index >= 15 is 0 Å². The van der Waals surface area contributed by atoms with Gasteiger partial charge in [-0.15, -0.1) is 0 Å². The molecule has 0 aliphatic carbocycles. The summed E-state index contributed by atoms with van der Waals surface area (Å²) >= 11 is 0. The standard InChI is InChI=1S/C20H18N4O/c1-24-17(14-6-5-9-21-12-14)10-15-13-22-20(11-18(15)24)23-16-7-3-4-8-19(16)25-2/h3-13H,1-2H3,(H,22,23). The van der Waals surface area contributed by atoms with E-state index in [1.807, 2.05) is 48.8 Å². The molecule has 3 aromatic heterocycles. The lowest BCUT2D eigenvalue weighted by Gasteiger charge is -2.10. The van der Waals surface area contributed by atoms with Gasteiger partial charge in [0, 0.05) is 42.7 Å². The van der Waals surface area contributed by atoms with Crippen molar-refractivity contribution in [2.75, 3.05) is 12.4 Å². The van der Waals surface area contributed by atoms with E-state index in [0.717, 1.165) is 39.4 Å². The number of pyridine rings is 2. The second-order valence-corrected chi connectivity index (χ2v) is 5.78. The molecule has 0 spiro atoms. The first-order chi connectivity index (χ1) is 12.3. The highest BCUT2D eigenvalue weighted by atomic mass is 16.5. The van der Waals surface area contributed by atoms with Crippen LogP contribution in [0.5, 0.6) is 5.75 Å². The van der Waals surface area contributed by atoms with Crippen molar-refractivity contribution in [3.05, 3.63) is 67.1 Å². The predicted molar refractivity (Wildman–Crippen MR) is 100 cm³/mol. The van der Waals surface area contributed by atoms with Crippen LogP contribution in [-0.2, 0) is 7.05 Å². The normalized spacial score (nSPS) is 10.8. The molecule has 0 saturated heterocycles. The first-order valence-corrected chi connectivity index (χ1v) is 8.02. The zero-order valence-corrected chi connectivity index (χ0v) is 14.1. The van der Waals surface area contributed by atoms with Crippen LogP contribution < -0.4 is 10.1 Å². The molecule has 1 N–H and O–H groups in total. The fraction of sp³-hybridized carbons (Fsp3) is 0.100. The molecule has 0 unspecified atom stereocenters. The number of benzene rings is 1. The van der Waals surface area contributed by atoms with Crippen molar-refractivity contribution >= 4 is 22.4 Å². The summed E-state index contributed by atoms with van der Waals surface area (Å²) in [5.74, 6) is 1.56. The summed E-state index contributed by atoms with van der Waals surface area (Å²) in [4.78, 5) is 8.74. The number of hydrogen-bond acceptors (Lipinski definition) is 4. The highest BCUT2D eigenvalue weighted by Crippen LogP contribution is 2.30. The molecule has 0 aliphatic heterocycles. The molecule has 5 heteroatoms. The number of aromatic nitrogens is 3. The number of hydrogen-bond donors (Lipinski definition) is 1. The van der Waals surface area contributed by atoms with Crippen LogP contribution in [0.4, 0.5) is 11.5 Å². The maximum atomic E-state index is 5.39. The van der Waals surface area contributed by atoms with Crippen LogP contribution in [0.2, 0.25) is 0 Å². The smallest absolute Gasteiger partial charge is 0.142 e. The average Bonchev–Trinajstić information content (AvgIpc) is 2.99. The van der Waals surface area contributed by atoms with Gasteiger partial charge in [0.25, 0.3) is 0 Å². The molecule has 3 heterocycles. The molecule has 124 valence electrons. The molecule has 25 heavy (non-hydrogen) atoms. The van der Waals surface area contributed by atoms with E-state index in [2.05, 4.69) is 39.0 Å². The van der Waals surface area contributed by atoms with Gasteiger partial charge in [-0.1, -0.05) is 12.1 Å². The lowest BCUT2D eigenvalue weighted by molar-refractivity contribution is 0.417. The summed E-state index contributed by atoms with van der Waals surface area (Å²) in [6.07, 6.45) is 5.53. The van der Waals surface area contributed by atoms with Crippen molar-refractivity contribution in [2.24, 2.45) is 7.05 Å². The second kappa shape index (κ2) is 6.28. The van der Waals surface area contributed by atoms with E-state index in [9.17, 15) is 0 Å². The van der Waals surface area contributed by atoms with Gasteiger partial charge in [-0.25, -0.2) is 4.98 Å². The number of fused-ring (bicyclic) bond motifs is 1. The number of nitrogens with zero attached hydrogens (tertiary/aromatic N) is 3. The zero-order chi connectivity index (χ0) is 17.2. The molecule has 0 bridgehead atoms. The Balaban J connectivity index is 1.74. The van der Waals surface area contributed by atoms with E-state index in [1.54, 1.807) is 13.3 Å². The van der Waals surface area contributed by atoms with Gasteiger partial charge in [-0.2, -0.15) is 0 Å². The first kappa shape index (κ1) is 15.2. The van der Waals surface area contributed by atoms with E-state index in [-0.39, 0.29) is 0 Å². The number of para-hydroxylation sites is 2. The molecule has 1 aromatic carbocycles. The largest absolute Gasteiger partial charge is 0.495 e. The van der Waals surface area contributed by atoms with Crippen molar-refractivity contribution in [1.29, 1.82) is 0 Å². The third kappa shape index (κ3) is 2.80. The van der Waals surface area contributed by atoms with Crippen LogP contribution in [0, 0.1) is 0 Å². The molecule has 0 radical (unpaired) electrons. The Kier molecular flexibility index (Phi) is 3.82. The van der Waals surface area contributed by atoms with Crippen LogP contribution in [0.1, 0.15) is 0 Å². The van der Waals surface area contributed by atoms with Crippen LogP contribution in [0.3, 0.4) is 0 Å². The highest BCUT2D eigenvalue weighted by molar-refractivity contribution is 5.88. The van der Waals surface area contributed by atoms with Crippen LogP contribution in [0.25, 0.3) is 22.2 Å². The minimum atomic E-state index is 0.774. The maximum absolute atomic E-state index is 5.39. The highest BCUT2D eigenvalue weighted by Gasteiger charge is 2.10. The average molecular weight is 330 g/mol. The fourth-order valence-electron chi connectivity index (χ4n) is 2.98. The molecule has 0 fully saturated rings. The Morgan fingerprint density at radius 1 is 1.04 bits per heavy atom. The van der Waals surface area contributed by atoms with Gasteiger partial charge in [0.05, 0.1) is 24.0 Å². The maximum Gasteiger partial charge on any atom is 0.142 e. The van der Waals surface area contributed by atoms with Gasteiger partial charge in [0.15, 0.2) is 0 Å². The van der Waals surface area contributed by atoms with Gasteiger partial charge < -0.3 is 14.6 Å². The number of aryl methyl sites for hydroxylation is 1. The number of methoxy groups -OCH3 is 1. The van der Waals surface area contributed by atoms with Crippen molar-refractivity contribution < 1.29 is 4.74 Å². The first-order valence-electron chi connectivity index (χ1n) is 8.02. The minimum absolute atomic E-state index is 0.774. The lowest BCUT2D eigenvalue weighted by Crippen LogP contribution is -1.97. The summed E-state index contributed by atoms with van der Waals surface area (Å²) in [7, 11) is 3.71. The van der Waals surface area contributed by atoms with Gasteiger partial charge in [-0.3, -0.25) is 4.98 Å². The zero-order valence-electron chi connectivity index (χ0n) is 14.1. The molecule has 5 nitrogen and oxygen atoms in total. The molecular weight excluding hydrogens is 312 g/mol. The van der Waals surface area contributed by atoms with Crippen LogP contribution in [0.15, 0.2) is 67.1 Å². The molecular formula is C20H18N4O. The minimum Gasteiger partial charge on any atom is -0.495 e. The lowest BCUT2D eigenvalue weighted by atomic mass is 10.2. The number of nitrogens with one attached hydrogen (secondary N) is 1. The van der Waals surface area contributed by atoms with Crippen molar-refractivity contribution in [2.45, 2.75) is 0 Å². The van der Waals surface area contributed by atoms with Crippen molar-refractivity contribution in [3.63, 3.8) is 0 Å². The Hall–Kier alpha value is -3.34. The quantitative estimate of drug-likeness (QED) is 0.603. The Bertz CT molecular complexity index is 1020. The van der Waals surface area contributed by atoms with E-state index < -0.39 is 0 Å². The Morgan fingerprint density at radius 3 is 2.72 bits per heavy atom. The number of ether oxygens (including phenoxy) is 1. The van der Waals surface area contributed by atoms with Gasteiger partial charge in [0.1, 0.15) is 11.6 Å². The molecule has 0 saturated carbocycles. The summed E-state index contributed by atoms with van der Waals surface area (Å²) in [5, 5.41) is 4.42. The van der Waals surface area contributed by atoms with Crippen molar-refractivity contribution in [3.8, 4) is 17.0 Å². The summed E-state index contributed by atoms with van der Waals surface area (Å²) in [6, 6.07) is 16.0. The third-order valence-electron chi connectivity index (χ3n) is 4.25. The molecule has 0 aliphatic rings. The SMILES string of the molecule is COc1ccccc1Nc1cc2c(cn1)cc(-c1cccnc1)n2C. The second-order valence-electron chi connectivity index (χ2n) is 5.78. The van der Waals surface area contributed by atoms with Gasteiger partial charge >= 0.3 is 0 Å². The van der Waals surface area contributed by atoms with E-state index in [1.165, 1.54) is 0 Å². The van der Waals surface area contributed by atoms with Gasteiger partial charge in [-0.05, 0) is 30.3 Å². The predicted octanol–water partition coefficient (Wildman–Crippen LogP) is 4.39. The van der Waals surface area contributed by atoms with Crippen LogP contribution >= 0.6 is 0 Å². The Labute approximate surface area is 145 Å². The summed E-state index contributed by atoms with van der Waals surface area (Å²) in [6.45, 7) is 0. The summed E-state index contributed by atoms with van der Waals surface area (Å²) < 4.78 is 7.54. The number of rotatable bonds is 4. The molecule has 4 aromatic rings. The number of anilines is 2. The van der Waals surface area contributed by atoms with Crippen LogP contribution in [-0.4, -0.2) is 21.6 Å². The molecule has 0 amide bonds. The van der Waals surface area contributed by atoms with E-state index in [0.29, 0.717) is 0 Å². The monoisotopic (exact) mass is 330 g/mol. The van der Waals surface area contributed by atoms with Crippen molar-refractivity contribution in [1.82, 2.24) is 14.5 Å². The molecule has 4 rings (SSSR count). The fourth-order valence-corrected chi connectivity index (χ4v) is 2.98. The molecule has 0 atom stereocenters. The topological polar surface area (TPSA) is 52.0 Å².